The Kier molecular flexibility index (Phi) is 9.74. The molecule has 0 radical (unpaired) electrons. The fourth-order valence-electron chi connectivity index (χ4n) is 3.22. The predicted molar refractivity (Wildman–Crippen MR) is 137 cm³/mol. The van der Waals surface area contributed by atoms with Crippen molar-refractivity contribution in [3.63, 3.8) is 0 Å². The van der Waals surface area contributed by atoms with E-state index in [1.807, 2.05) is 30.3 Å². The summed E-state index contributed by atoms with van der Waals surface area (Å²) in [6.45, 7) is 2.00. The Morgan fingerprint density at radius 2 is 1.42 bits per heavy atom. The smallest absolute Gasteiger partial charge is 0.520 e. The molecule has 0 spiro atoms. The number of carboxylic acids is 2. The van der Waals surface area contributed by atoms with Crippen LogP contribution in [0.5, 0.6) is 11.5 Å². The Hall–Kier alpha value is -4.48. The maximum atomic E-state index is 10.9. The molecule has 2 heterocycles. The number of hydrogen-bond acceptors (Lipinski definition) is 5. The molecule has 182 valence electrons. The van der Waals surface area contributed by atoms with Gasteiger partial charge >= 0.3 is 19.1 Å². The fraction of sp³-hybridized carbons (Fsp3) is 0.143. The summed E-state index contributed by atoms with van der Waals surface area (Å²) >= 11 is 0. The lowest BCUT2D eigenvalue weighted by atomic mass is 9.89. The second-order valence-corrected chi connectivity index (χ2v) is 7.69. The first kappa shape index (κ1) is 26.1. The zero-order valence-electron chi connectivity index (χ0n) is 19.5. The zero-order chi connectivity index (χ0) is 25.8. The van der Waals surface area contributed by atoms with Crippen molar-refractivity contribution in [3.8, 4) is 23.8 Å². The minimum atomic E-state index is -0.956. The molecule has 0 amide bonds. The van der Waals surface area contributed by atoms with Gasteiger partial charge in [-0.15, -0.1) is 6.42 Å². The van der Waals surface area contributed by atoms with Gasteiger partial charge in [0.05, 0.1) is 11.1 Å². The summed E-state index contributed by atoms with van der Waals surface area (Å²) in [4.78, 5) is 21.3. The monoisotopic (exact) mass is 484 g/mol. The first-order valence-corrected chi connectivity index (χ1v) is 11.3. The van der Waals surface area contributed by atoms with Gasteiger partial charge in [0.1, 0.15) is 11.5 Å². The zero-order valence-corrected chi connectivity index (χ0v) is 19.5. The summed E-state index contributed by atoms with van der Waals surface area (Å²) in [6, 6.07) is 20.4. The Morgan fingerprint density at radius 3 is 1.94 bits per heavy atom. The standard InChI is InChI=1S/C15H11BO4.C9H6O2.C4H8O/c17-15(18)12-5-3-4-11(10-12)8-9-16-19-13-6-1-2-7-14(13)20-16;1-2-7-4-3-5-8(6-7)9(10)11;1-2-4-5-3-1/h1-10H,(H,17,18);1,3-6H,(H,10,11);1-4H2/b9-8+;;. The molecule has 1 saturated heterocycles. The maximum absolute atomic E-state index is 10.9. The maximum Gasteiger partial charge on any atom is 0.625 e. The fourth-order valence-corrected chi connectivity index (χ4v) is 3.22. The van der Waals surface area contributed by atoms with Crippen LogP contribution in [-0.4, -0.2) is 42.5 Å². The second-order valence-electron chi connectivity index (χ2n) is 7.69. The minimum Gasteiger partial charge on any atom is -0.520 e. The molecule has 0 aromatic heterocycles. The van der Waals surface area contributed by atoms with E-state index in [0.717, 1.165) is 18.8 Å². The van der Waals surface area contributed by atoms with Gasteiger partial charge in [-0.25, -0.2) is 9.59 Å². The Balaban J connectivity index is 0.000000188. The molecule has 0 saturated carbocycles. The third-order valence-corrected chi connectivity index (χ3v) is 5.02. The molecule has 0 aliphatic carbocycles. The molecule has 36 heavy (non-hydrogen) atoms. The molecular weight excluding hydrogens is 459 g/mol. The van der Waals surface area contributed by atoms with Crippen LogP contribution in [0.1, 0.15) is 44.7 Å². The molecule has 8 heteroatoms. The van der Waals surface area contributed by atoms with Gasteiger partial charge < -0.3 is 24.3 Å². The number of rotatable bonds is 4. The molecule has 2 aliphatic rings. The van der Waals surface area contributed by atoms with E-state index in [4.69, 9.17) is 30.7 Å². The van der Waals surface area contributed by atoms with Crippen LogP contribution >= 0.6 is 0 Å². The molecule has 0 unspecified atom stereocenters. The highest BCUT2D eigenvalue weighted by atomic mass is 16.6. The lowest BCUT2D eigenvalue weighted by Gasteiger charge is -1.99. The van der Waals surface area contributed by atoms with E-state index in [0.29, 0.717) is 17.1 Å². The van der Waals surface area contributed by atoms with E-state index in [1.54, 1.807) is 42.4 Å². The summed E-state index contributed by atoms with van der Waals surface area (Å²) in [5.41, 5.74) is 1.85. The first-order valence-electron chi connectivity index (χ1n) is 11.3. The van der Waals surface area contributed by atoms with Crippen LogP contribution in [0, 0.1) is 12.3 Å². The van der Waals surface area contributed by atoms with Gasteiger partial charge in [-0.3, -0.25) is 0 Å². The van der Waals surface area contributed by atoms with Gasteiger partial charge in [0.15, 0.2) is 0 Å². The molecule has 0 atom stereocenters. The number of hydrogen-bond donors (Lipinski definition) is 2. The van der Waals surface area contributed by atoms with Crippen molar-refractivity contribution in [3.05, 3.63) is 101 Å². The molecule has 5 rings (SSSR count). The number of benzene rings is 3. The molecule has 3 aromatic rings. The Morgan fingerprint density at radius 1 is 0.833 bits per heavy atom. The van der Waals surface area contributed by atoms with Crippen LogP contribution in [0.25, 0.3) is 6.08 Å². The van der Waals surface area contributed by atoms with Gasteiger partial charge in [-0.05, 0) is 66.8 Å². The molecule has 0 bridgehead atoms. The van der Waals surface area contributed by atoms with Crippen molar-refractivity contribution in [1.29, 1.82) is 0 Å². The van der Waals surface area contributed by atoms with Gasteiger partial charge in [0.2, 0.25) is 0 Å². The van der Waals surface area contributed by atoms with Crippen LogP contribution in [0.3, 0.4) is 0 Å². The lowest BCUT2D eigenvalue weighted by molar-refractivity contribution is 0.0686. The van der Waals surface area contributed by atoms with E-state index in [9.17, 15) is 9.59 Å². The van der Waals surface area contributed by atoms with Crippen LogP contribution in [0.2, 0.25) is 0 Å². The summed E-state index contributed by atoms with van der Waals surface area (Å²) in [5, 5.41) is 17.5. The second kappa shape index (κ2) is 13.4. The Bertz CT molecular complexity index is 1230. The van der Waals surface area contributed by atoms with Crippen LogP contribution in [0.15, 0.2) is 78.8 Å². The SMILES string of the molecule is C#Cc1cccc(C(=O)O)c1.C1CCOC1.O=C(O)c1cccc(/C=C/B2Oc3ccccc3O2)c1. The largest absolute Gasteiger partial charge is 0.625 e. The highest BCUT2D eigenvalue weighted by Crippen LogP contribution is 2.32. The van der Waals surface area contributed by atoms with Gasteiger partial charge in [0, 0.05) is 18.8 Å². The average Bonchev–Trinajstić information content (AvgIpc) is 3.61. The third-order valence-electron chi connectivity index (χ3n) is 5.02. The van der Waals surface area contributed by atoms with E-state index in [-0.39, 0.29) is 11.1 Å². The predicted octanol–water partition coefficient (Wildman–Crippen LogP) is 5.06. The summed E-state index contributed by atoms with van der Waals surface area (Å²) in [5.74, 6) is 3.63. The quantitative estimate of drug-likeness (QED) is 0.394. The molecule has 1 fully saturated rings. The first-order chi connectivity index (χ1) is 17.5. The highest BCUT2D eigenvalue weighted by molar-refractivity contribution is 6.54. The van der Waals surface area contributed by atoms with Crippen molar-refractivity contribution in [1.82, 2.24) is 0 Å². The molecule has 2 aliphatic heterocycles. The highest BCUT2D eigenvalue weighted by Gasteiger charge is 2.28. The number of para-hydroxylation sites is 2. The number of fused-ring (bicyclic) bond motifs is 1. The van der Waals surface area contributed by atoms with Crippen molar-refractivity contribution in [2.45, 2.75) is 12.8 Å². The minimum absolute atomic E-state index is 0.223. The van der Waals surface area contributed by atoms with E-state index >= 15 is 0 Å². The van der Waals surface area contributed by atoms with Crippen molar-refractivity contribution >= 4 is 25.1 Å². The van der Waals surface area contributed by atoms with Crippen LogP contribution in [0.4, 0.5) is 0 Å². The molecular formula is C28H25BO7. The summed E-state index contributed by atoms with van der Waals surface area (Å²) in [6.07, 6.45) is 9.41. The molecule has 3 aromatic carbocycles. The Labute approximate surface area is 210 Å². The van der Waals surface area contributed by atoms with Crippen molar-refractivity contribution in [2.75, 3.05) is 13.2 Å². The van der Waals surface area contributed by atoms with E-state index < -0.39 is 19.1 Å². The lowest BCUT2D eigenvalue weighted by Crippen LogP contribution is -2.21. The van der Waals surface area contributed by atoms with Crippen molar-refractivity contribution in [2.24, 2.45) is 0 Å². The van der Waals surface area contributed by atoms with E-state index in [1.165, 1.54) is 25.0 Å². The molecule has 7 nitrogen and oxygen atoms in total. The van der Waals surface area contributed by atoms with Gasteiger partial charge in [-0.2, -0.15) is 0 Å². The number of carboxylic acid groups (broad SMARTS) is 2. The third kappa shape index (κ3) is 8.08. The van der Waals surface area contributed by atoms with Crippen LogP contribution in [-0.2, 0) is 4.74 Å². The number of terminal acetylenes is 1. The molecule has 2 N–H and O–H groups in total. The number of ether oxygens (including phenoxy) is 1. The van der Waals surface area contributed by atoms with Crippen molar-refractivity contribution < 1.29 is 33.8 Å². The van der Waals surface area contributed by atoms with E-state index in [2.05, 4.69) is 5.92 Å². The number of aromatic carboxylic acids is 2. The van der Waals surface area contributed by atoms with Gasteiger partial charge in [0.25, 0.3) is 0 Å². The van der Waals surface area contributed by atoms with Crippen LogP contribution < -0.4 is 9.31 Å². The topological polar surface area (TPSA) is 102 Å². The normalized spacial score (nSPS) is 13.1. The van der Waals surface area contributed by atoms with Gasteiger partial charge in [-0.1, -0.05) is 42.3 Å². The summed E-state index contributed by atoms with van der Waals surface area (Å²) < 4.78 is 16.1. The summed E-state index contributed by atoms with van der Waals surface area (Å²) in [7, 11) is -0.485. The average molecular weight is 484 g/mol. The number of carbonyl (C=O) groups is 2.